The molecule has 3 heteroatoms. The van der Waals surface area contributed by atoms with E-state index < -0.39 is 0 Å². The molecule has 0 amide bonds. The maximum atomic E-state index is 5.77. The number of hydrogen-bond donors (Lipinski definition) is 1. The summed E-state index contributed by atoms with van der Waals surface area (Å²) in [6.07, 6.45) is 0. The van der Waals surface area contributed by atoms with Gasteiger partial charge in [0.1, 0.15) is 5.75 Å². The van der Waals surface area contributed by atoms with Crippen molar-refractivity contribution < 1.29 is 4.74 Å². The number of likely N-dealkylation sites (N-methyl/N-ethyl adjacent to an activating group) is 1. The van der Waals surface area contributed by atoms with Crippen molar-refractivity contribution in [1.82, 2.24) is 0 Å². The first kappa shape index (κ1) is 12.8. The Balaban J connectivity index is 3.02. The van der Waals surface area contributed by atoms with Gasteiger partial charge in [-0.1, -0.05) is 0 Å². The van der Waals surface area contributed by atoms with Crippen molar-refractivity contribution >= 4 is 5.69 Å². The average Bonchev–Trinajstić information content (AvgIpc) is 2.27. The van der Waals surface area contributed by atoms with Crippen molar-refractivity contribution in [3.8, 4) is 5.75 Å². The van der Waals surface area contributed by atoms with Crippen LogP contribution in [0.3, 0.4) is 0 Å². The number of aryl methyl sites for hydroxylation is 1. The van der Waals surface area contributed by atoms with Crippen LogP contribution in [0.4, 0.5) is 5.69 Å². The molecule has 1 aromatic rings. The fourth-order valence-corrected chi connectivity index (χ4v) is 1.56. The minimum Gasteiger partial charge on any atom is -0.496 e. The van der Waals surface area contributed by atoms with E-state index in [1.165, 1.54) is 0 Å². The Morgan fingerprint density at radius 2 is 2.00 bits per heavy atom. The fraction of sp³-hybridized carbons (Fsp3) is 0.538. The molecule has 2 N–H and O–H groups in total. The summed E-state index contributed by atoms with van der Waals surface area (Å²) in [5.74, 6) is 0.919. The highest BCUT2D eigenvalue weighted by atomic mass is 16.5. The highest BCUT2D eigenvalue weighted by Crippen LogP contribution is 2.27. The van der Waals surface area contributed by atoms with E-state index >= 15 is 0 Å². The normalized spacial score (nSPS) is 11.4. The van der Waals surface area contributed by atoms with Crippen LogP contribution in [0, 0.1) is 6.92 Å². The maximum Gasteiger partial charge on any atom is 0.121 e. The predicted octanol–water partition coefficient (Wildman–Crippen LogP) is 2.18. The smallest absolute Gasteiger partial charge is 0.121 e. The molecule has 0 saturated heterocycles. The molecule has 16 heavy (non-hydrogen) atoms. The number of anilines is 1. The van der Waals surface area contributed by atoms with Crippen LogP contribution in [0.2, 0.25) is 0 Å². The van der Waals surface area contributed by atoms with E-state index in [1.807, 2.05) is 13.0 Å². The molecule has 0 bridgehead atoms. The van der Waals surface area contributed by atoms with Gasteiger partial charge in [-0.2, -0.15) is 0 Å². The molecular weight excluding hydrogens is 200 g/mol. The zero-order valence-electron chi connectivity index (χ0n) is 10.9. The van der Waals surface area contributed by atoms with Crippen LogP contribution in [0.25, 0.3) is 0 Å². The first-order valence-corrected chi connectivity index (χ1v) is 5.51. The second kappa shape index (κ2) is 4.74. The standard InChI is InChI=1S/C13H22N2O/c1-10-8-11(6-7-12(10)16-5)15(4)13(2,3)9-14/h6-8H,9,14H2,1-5H3. The summed E-state index contributed by atoms with van der Waals surface area (Å²) >= 11 is 0. The molecule has 0 atom stereocenters. The third-order valence-electron chi connectivity index (χ3n) is 3.17. The van der Waals surface area contributed by atoms with Gasteiger partial charge in [0.05, 0.1) is 7.11 Å². The van der Waals surface area contributed by atoms with Crippen LogP contribution in [0.5, 0.6) is 5.75 Å². The van der Waals surface area contributed by atoms with Crippen LogP contribution in [-0.4, -0.2) is 26.2 Å². The number of nitrogens with zero attached hydrogens (tertiary/aromatic N) is 1. The number of nitrogens with two attached hydrogens (primary N) is 1. The average molecular weight is 222 g/mol. The summed E-state index contributed by atoms with van der Waals surface area (Å²) in [7, 11) is 3.75. The van der Waals surface area contributed by atoms with Crippen molar-refractivity contribution in [2.45, 2.75) is 26.3 Å². The van der Waals surface area contributed by atoms with Crippen LogP contribution in [-0.2, 0) is 0 Å². The van der Waals surface area contributed by atoms with Gasteiger partial charge in [-0.3, -0.25) is 0 Å². The number of methoxy groups -OCH3 is 1. The lowest BCUT2D eigenvalue weighted by Crippen LogP contribution is -2.47. The van der Waals surface area contributed by atoms with Crippen molar-refractivity contribution in [3.05, 3.63) is 23.8 Å². The quantitative estimate of drug-likeness (QED) is 0.848. The highest BCUT2D eigenvalue weighted by molar-refractivity contribution is 5.54. The van der Waals surface area contributed by atoms with Gasteiger partial charge < -0.3 is 15.4 Å². The van der Waals surface area contributed by atoms with E-state index in [4.69, 9.17) is 10.5 Å². The molecule has 90 valence electrons. The van der Waals surface area contributed by atoms with E-state index in [1.54, 1.807) is 7.11 Å². The molecule has 3 nitrogen and oxygen atoms in total. The van der Waals surface area contributed by atoms with Gasteiger partial charge in [0.2, 0.25) is 0 Å². The molecule has 0 unspecified atom stereocenters. The summed E-state index contributed by atoms with van der Waals surface area (Å²) in [5, 5.41) is 0. The zero-order chi connectivity index (χ0) is 12.3. The van der Waals surface area contributed by atoms with E-state index in [0.29, 0.717) is 6.54 Å². The Hall–Kier alpha value is -1.22. The molecule has 0 radical (unpaired) electrons. The number of benzene rings is 1. The van der Waals surface area contributed by atoms with Crippen molar-refractivity contribution in [2.75, 3.05) is 25.6 Å². The summed E-state index contributed by atoms with van der Waals surface area (Å²) < 4.78 is 5.25. The fourth-order valence-electron chi connectivity index (χ4n) is 1.56. The van der Waals surface area contributed by atoms with E-state index in [2.05, 4.69) is 37.9 Å². The summed E-state index contributed by atoms with van der Waals surface area (Å²) in [6, 6.07) is 6.17. The molecule has 0 aliphatic heterocycles. The Morgan fingerprint density at radius 3 is 2.44 bits per heavy atom. The minimum atomic E-state index is -0.0406. The van der Waals surface area contributed by atoms with Crippen LogP contribution in [0.1, 0.15) is 19.4 Å². The lowest BCUT2D eigenvalue weighted by molar-refractivity contribution is 0.411. The number of hydrogen-bond acceptors (Lipinski definition) is 3. The Labute approximate surface area is 98.2 Å². The van der Waals surface area contributed by atoms with Gasteiger partial charge in [-0.15, -0.1) is 0 Å². The highest BCUT2D eigenvalue weighted by Gasteiger charge is 2.22. The first-order valence-electron chi connectivity index (χ1n) is 5.51. The summed E-state index contributed by atoms with van der Waals surface area (Å²) in [5.41, 5.74) is 8.03. The third kappa shape index (κ3) is 2.47. The third-order valence-corrected chi connectivity index (χ3v) is 3.17. The summed E-state index contributed by atoms with van der Waals surface area (Å²) in [6.45, 7) is 6.93. The van der Waals surface area contributed by atoms with Gasteiger partial charge in [-0.05, 0) is 44.5 Å². The SMILES string of the molecule is COc1ccc(N(C)C(C)(C)CN)cc1C. The molecule has 0 saturated carbocycles. The van der Waals surface area contributed by atoms with E-state index in [0.717, 1.165) is 17.0 Å². The Morgan fingerprint density at radius 1 is 1.38 bits per heavy atom. The van der Waals surface area contributed by atoms with Gasteiger partial charge in [-0.25, -0.2) is 0 Å². The molecule has 0 heterocycles. The molecule has 0 aliphatic rings. The topological polar surface area (TPSA) is 38.5 Å². The molecule has 1 rings (SSSR count). The number of ether oxygens (including phenoxy) is 1. The monoisotopic (exact) mass is 222 g/mol. The molecule has 0 aliphatic carbocycles. The second-order valence-corrected chi connectivity index (χ2v) is 4.73. The lowest BCUT2D eigenvalue weighted by atomic mass is 10.0. The van der Waals surface area contributed by atoms with Gasteiger partial charge in [0, 0.05) is 24.8 Å². The zero-order valence-corrected chi connectivity index (χ0v) is 10.9. The van der Waals surface area contributed by atoms with Crippen molar-refractivity contribution in [3.63, 3.8) is 0 Å². The Kier molecular flexibility index (Phi) is 3.81. The number of rotatable bonds is 4. The Bertz CT molecular complexity index is 361. The van der Waals surface area contributed by atoms with Crippen molar-refractivity contribution in [2.24, 2.45) is 5.73 Å². The van der Waals surface area contributed by atoms with E-state index in [9.17, 15) is 0 Å². The van der Waals surface area contributed by atoms with Gasteiger partial charge in [0.15, 0.2) is 0 Å². The van der Waals surface area contributed by atoms with Crippen LogP contribution >= 0.6 is 0 Å². The largest absolute Gasteiger partial charge is 0.496 e. The van der Waals surface area contributed by atoms with Crippen molar-refractivity contribution in [1.29, 1.82) is 0 Å². The lowest BCUT2D eigenvalue weighted by Gasteiger charge is -2.36. The summed E-state index contributed by atoms with van der Waals surface area (Å²) in [4.78, 5) is 2.19. The van der Waals surface area contributed by atoms with E-state index in [-0.39, 0.29) is 5.54 Å². The minimum absolute atomic E-state index is 0.0406. The second-order valence-electron chi connectivity index (χ2n) is 4.73. The molecule has 0 aromatic heterocycles. The molecule has 1 aromatic carbocycles. The van der Waals surface area contributed by atoms with Gasteiger partial charge >= 0.3 is 0 Å². The molecular formula is C13H22N2O. The van der Waals surface area contributed by atoms with Gasteiger partial charge in [0.25, 0.3) is 0 Å². The predicted molar refractivity (Wildman–Crippen MR) is 69.3 cm³/mol. The van der Waals surface area contributed by atoms with Crippen LogP contribution in [0.15, 0.2) is 18.2 Å². The maximum absolute atomic E-state index is 5.77. The molecule has 0 fully saturated rings. The first-order chi connectivity index (χ1) is 7.42. The van der Waals surface area contributed by atoms with Crippen LogP contribution < -0.4 is 15.4 Å². The molecule has 0 spiro atoms.